The van der Waals surface area contributed by atoms with Crippen LogP contribution in [-0.2, 0) is 11.5 Å². The molecule has 10 heteroatoms. The molecule has 1 aliphatic rings. The lowest BCUT2D eigenvalue weighted by atomic mass is 10.1. The molecule has 3 heterocycles. The van der Waals surface area contributed by atoms with E-state index in [4.69, 9.17) is 37.9 Å². The fraction of sp³-hybridized carbons (Fsp3) is 0.0952. The number of halogens is 2. The molecule has 0 saturated heterocycles. The number of benzene rings is 2. The van der Waals surface area contributed by atoms with Gasteiger partial charge in [0.25, 0.3) is 0 Å². The van der Waals surface area contributed by atoms with Gasteiger partial charge >= 0.3 is 4.87 Å². The minimum atomic E-state index is -0.306. The molecule has 2 aromatic heterocycles. The van der Waals surface area contributed by atoms with Crippen molar-refractivity contribution in [1.29, 1.82) is 0 Å². The second kappa shape index (κ2) is 7.65. The summed E-state index contributed by atoms with van der Waals surface area (Å²) in [6.45, 7) is 0.276. The van der Waals surface area contributed by atoms with Crippen LogP contribution in [0.4, 0.5) is 0 Å². The van der Waals surface area contributed by atoms with Crippen molar-refractivity contribution in [2.75, 3.05) is 7.11 Å². The molecule has 4 aromatic rings. The zero-order chi connectivity index (χ0) is 21.7. The van der Waals surface area contributed by atoms with Crippen LogP contribution in [0.5, 0.6) is 5.88 Å². The van der Waals surface area contributed by atoms with Crippen molar-refractivity contribution >= 4 is 63.4 Å². The number of nitrogens with one attached hydrogen (secondary N) is 1. The number of rotatable bonds is 4. The first-order chi connectivity index (χ1) is 14.9. The summed E-state index contributed by atoms with van der Waals surface area (Å²) in [6.07, 6.45) is 3.68. The number of hydrogen-bond donors (Lipinski definition) is 2. The van der Waals surface area contributed by atoms with Crippen LogP contribution in [0.15, 0.2) is 40.1 Å². The second-order valence-corrected chi connectivity index (χ2v) is 8.70. The lowest BCUT2D eigenvalue weighted by molar-refractivity contribution is 0.133. The van der Waals surface area contributed by atoms with Crippen molar-refractivity contribution in [3.05, 3.63) is 76.9 Å². The van der Waals surface area contributed by atoms with Gasteiger partial charge in [0.2, 0.25) is 5.88 Å². The Kier molecular flexibility index (Phi) is 4.94. The maximum Gasteiger partial charge on any atom is 0.307 e. The third kappa shape index (κ3) is 3.57. The first kappa shape index (κ1) is 20.0. The van der Waals surface area contributed by atoms with Crippen LogP contribution in [0.2, 0.25) is 10.0 Å². The molecule has 156 valence electrons. The van der Waals surface area contributed by atoms with E-state index in [1.165, 1.54) is 0 Å². The highest BCUT2D eigenvalue weighted by Gasteiger charge is 2.19. The highest BCUT2D eigenvalue weighted by molar-refractivity contribution is 7.10. The van der Waals surface area contributed by atoms with Crippen LogP contribution in [0.25, 0.3) is 28.9 Å². The van der Waals surface area contributed by atoms with Gasteiger partial charge in [-0.1, -0.05) is 40.6 Å². The highest BCUT2D eigenvalue weighted by Crippen LogP contribution is 2.31. The molecular weight excluding hydrogens is 459 g/mol. The van der Waals surface area contributed by atoms with E-state index in [1.54, 1.807) is 25.3 Å². The average molecular weight is 473 g/mol. The normalized spacial score (nSPS) is 13.5. The molecule has 0 aliphatic carbocycles. The number of methoxy groups -OCH3 is 1. The fourth-order valence-corrected chi connectivity index (χ4v) is 4.47. The Morgan fingerprint density at radius 1 is 1.26 bits per heavy atom. The summed E-state index contributed by atoms with van der Waals surface area (Å²) in [5.41, 5.74) is 3.07. The van der Waals surface area contributed by atoms with E-state index in [1.807, 2.05) is 28.8 Å². The Bertz CT molecular complexity index is 1570. The molecule has 7 nitrogen and oxygen atoms in total. The zero-order valence-electron chi connectivity index (χ0n) is 16.0. The highest BCUT2D eigenvalue weighted by atomic mass is 35.5. The first-order valence-electron chi connectivity index (χ1n) is 9.12. The first-order valence-corrected chi connectivity index (χ1v) is 10.7. The smallest absolute Gasteiger partial charge is 0.307 e. The van der Waals surface area contributed by atoms with E-state index in [-0.39, 0.29) is 17.5 Å². The van der Waals surface area contributed by atoms with E-state index in [0.29, 0.717) is 32.0 Å². The summed E-state index contributed by atoms with van der Waals surface area (Å²) in [5.74, 6) is 0.500. The minimum Gasteiger partial charge on any atom is -0.493 e. The van der Waals surface area contributed by atoms with Crippen molar-refractivity contribution in [2.24, 2.45) is 4.99 Å². The van der Waals surface area contributed by atoms with Gasteiger partial charge in [0.1, 0.15) is 12.4 Å². The van der Waals surface area contributed by atoms with Gasteiger partial charge in [0.15, 0.2) is 5.82 Å². The van der Waals surface area contributed by atoms with E-state index >= 15 is 0 Å². The number of thiazole rings is 1. The van der Waals surface area contributed by atoms with Crippen LogP contribution >= 0.6 is 34.5 Å². The maximum atomic E-state index is 11.4. The predicted octanol–water partition coefficient (Wildman–Crippen LogP) is 3.36. The number of aromatic hydroxyl groups is 1. The summed E-state index contributed by atoms with van der Waals surface area (Å²) in [4.78, 5) is 23.4. The molecule has 0 amide bonds. The summed E-state index contributed by atoms with van der Waals surface area (Å²) in [6, 6.07) is 9.18. The van der Waals surface area contributed by atoms with Crippen molar-refractivity contribution in [3.8, 4) is 5.88 Å². The number of aromatic amines is 1. The van der Waals surface area contributed by atoms with Crippen molar-refractivity contribution < 1.29 is 9.84 Å². The van der Waals surface area contributed by atoms with Crippen molar-refractivity contribution in [3.63, 3.8) is 0 Å². The van der Waals surface area contributed by atoms with Crippen LogP contribution in [0.1, 0.15) is 16.3 Å². The minimum absolute atomic E-state index is 0.137. The lowest BCUT2D eigenvalue weighted by Gasteiger charge is -2.07. The maximum absolute atomic E-state index is 11.4. The molecule has 0 spiro atoms. The lowest BCUT2D eigenvalue weighted by Crippen LogP contribution is -2.10. The molecule has 0 unspecified atom stereocenters. The summed E-state index contributed by atoms with van der Waals surface area (Å²) in [5, 5.41) is 12.3. The Hall–Kier alpha value is -2.91. The number of H-pyrrole nitrogens is 1. The number of imidazole rings is 1. The molecule has 2 aromatic carbocycles. The number of hydrogen-bond acceptors (Lipinski definition) is 6. The van der Waals surface area contributed by atoms with Crippen molar-refractivity contribution in [2.45, 2.75) is 6.73 Å². The largest absolute Gasteiger partial charge is 0.493 e. The van der Waals surface area contributed by atoms with Crippen LogP contribution in [-0.4, -0.2) is 26.8 Å². The number of aromatic nitrogens is 3. The Balaban J connectivity index is 1.62. The molecule has 0 saturated carbocycles. The molecule has 0 bridgehead atoms. The Morgan fingerprint density at radius 3 is 2.81 bits per heavy atom. The van der Waals surface area contributed by atoms with E-state index in [2.05, 4.69) is 4.98 Å². The average Bonchev–Trinajstić information content (AvgIpc) is 3.38. The Morgan fingerprint density at radius 2 is 2.06 bits per heavy atom. The van der Waals surface area contributed by atoms with Gasteiger partial charge in [-0.25, -0.2) is 9.98 Å². The van der Waals surface area contributed by atoms with Gasteiger partial charge < -0.3 is 9.84 Å². The van der Waals surface area contributed by atoms with Crippen LogP contribution in [0, 0.1) is 0 Å². The van der Waals surface area contributed by atoms with Gasteiger partial charge in [-0.15, -0.1) is 0 Å². The molecule has 1 aliphatic heterocycles. The van der Waals surface area contributed by atoms with Crippen LogP contribution < -0.4 is 15.4 Å². The van der Waals surface area contributed by atoms with Gasteiger partial charge in [-0.3, -0.25) is 14.3 Å². The fourth-order valence-electron chi connectivity index (χ4n) is 3.46. The van der Waals surface area contributed by atoms with E-state index in [0.717, 1.165) is 33.0 Å². The SMILES string of the molecule is COCn1c(C2=Cc3c/c(=C/c4sc(=O)[nH]c4O)ccc3=N2)nc2cc(Cl)c(Cl)cc21. The van der Waals surface area contributed by atoms with Crippen LogP contribution in [0.3, 0.4) is 0 Å². The molecule has 0 atom stereocenters. The zero-order valence-corrected chi connectivity index (χ0v) is 18.3. The Labute approximate surface area is 189 Å². The third-order valence-electron chi connectivity index (χ3n) is 4.82. The standard InChI is InChI=1S/C21H14Cl2N4O3S/c1-30-9-27-17-8-13(23)12(22)7-15(17)25-19(27)16-6-11-4-10(2-3-14(11)24-16)5-18-20(28)26-21(29)31-18/h2-8,28H,9H2,1H3,(H,26,29)/b10-5+. The van der Waals surface area contributed by atoms with Gasteiger partial charge in [-0.05, 0) is 41.6 Å². The summed E-state index contributed by atoms with van der Waals surface area (Å²) in [7, 11) is 1.61. The number of fused-ring (bicyclic) bond motifs is 2. The van der Waals surface area contributed by atoms with Gasteiger partial charge in [0.05, 0.1) is 31.3 Å². The molecular formula is C21H14Cl2N4O3S. The van der Waals surface area contributed by atoms with E-state index in [9.17, 15) is 9.90 Å². The topological polar surface area (TPSA) is 92.5 Å². The summed E-state index contributed by atoms with van der Waals surface area (Å²) < 4.78 is 7.25. The second-order valence-electron chi connectivity index (χ2n) is 6.87. The quantitative estimate of drug-likeness (QED) is 0.476. The molecule has 5 rings (SSSR count). The molecule has 2 N–H and O–H groups in total. The molecule has 0 radical (unpaired) electrons. The van der Waals surface area contributed by atoms with Gasteiger partial charge in [-0.2, -0.15) is 0 Å². The third-order valence-corrected chi connectivity index (χ3v) is 6.36. The monoisotopic (exact) mass is 472 g/mol. The van der Waals surface area contributed by atoms with E-state index < -0.39 is 0 Å². The molecule has 31 heavy (non-hydrogen) atoms. The summed E-state index contributed by atoms with van der Waals surface area (Å²) >= 11 is 13.3. The number of ether oxygens (including phenoxy) is 1. The predicted molar refractivity (Wildman–Crippen MR) is 122 cm³/mol. The van der Waals surface area contributed by atoms with Crippen molar-refractivity contribution in [1.82, 2.24) is 14.5 Å². The van der Waals surface area contributed by atoms with Gasteiger partial charge in [0, 0.05) is 12.7 Å². The number of nitrogens with zero attached hydrogens (tertiary/aromatic N) is 3. The molecule has 0 fully saturated rings.